The molecule has 6 heteroatoms. The minimum Gasteiger partial charge on any atom is -0.395 e. The Labute approximate surface area is 104 Å². The summed E-state index contributed by atoms with van der Waals surface area (Å²) in [5.74, 6) is 0. The van der Waals surface area contributed by atoms with E-state index in [4.69, 9.17) is 5.11 Å². The Morgan fingerprint density at radius 1 is 1.24 bits per heavy atom. The molecule has 1 aliphatic carbocycles. The molecule has 0 radical (unpaired) electrons. The molecular weight excluding hydrogens is 240 g/mol. The fourth-order valence-electron chi connectivity index (χ4n) is 2.43. The van der Waals surface area contributed by atoms with Crippen LogP contribution in [0.3, 0.4) is 0 Å². The summed E-state index contributed by atoms with van der Waals surface area (Å²) < 4.78 is 24.4. The highest BCUT2D eigenvalue weighted by Gasteiger charge is 2.20. The Kier molecular flexibility index (Phi) is 6.40. The fraction of sp³-hybridized carbons (Fsp3) is 1.00. The van der Waals surface area contributed by atoms with Gasteiger partial charge in [-0.2, -0.15) is 0 Å². The van der Waals surface area contributed by atoms with Crippen molar-refractivity contribution in [1.29, 1.82) is 0 Å². The molecule has 0 bridgehead atoms. The summed E-state index contributed by atoms with van der Waals surface area (Å²) in [5, 5.41) is 9.05. The monoisotopic (exact) mass is 264 g/mol. The van der Waals surface area contributed by atoms with E-state index in [0.29, 0.717) is 25.7 Å². The zero-order valence-electron chi connectivity index (χ0n) is 10.6. The van der Waals surface area contributed by atoms with Crippen molar-refractivity contribution in [3.63, 3.8) is 0 Å². The molecule has 17 heavy (non-hydrogen) atoms. The second-order valence-electron chi connectivity index (χ2n) is 4.72. The maximum atomic E-state index is 11.0. The second kappa shape index (κ2) is 7.31. The molecule has 0 saturated heterocycles. The Bertz CT molecular complexity index is 300. The highest BCUT2D eigenvalue weighted by atomic mass is 32.2. The average Bonchev–Trinajstić information content (AvgIpc) is 2.27. The number of sulfonamides is 1. The molecule has 5 nitrogen and oxygen atoms in total. The van der Waals surface area contributed by atoms with Crippen LogP contribution < -0.4 is 4.72 Å². The highest BCUT2D eigenvalue weighted by Crippen LogP contribution is 2.22. The number of nitrogens with one attached hydrogen (secondary N) is 1. The van der Waals surface area contributed by atoms with Crippen LogP contribution in [0, 0.1) is 0 Å². The van der Waals surface area contributed by atoms with Crippen molar-refractivity contribution >= 4 is 10.0 Å². The summed E-state index contributed by atoms with van der Waals surface area (Å²) >= 11 is 0. The number of aliphatic hydroxyl groups excluding tert-OH is 1. The van der Waals surface area contributed by atoms with Crippen molar-refractivity contribution in [2.24, 2.45) is 0 Å². The van der Waals surface area contributed by atoms with Crippen molar-refractivity contribution < 1.29 is 13.5 Å². The Morgan fingerprint density at radius 2 is 1.88 bits per heavy atom. The van der Waals surface area contributed by atoms with Gasteiger partial charge in [-0.05, 0) is 12.8 Å². The van der Waals surface area contributed by atoms with E-state index in [2.05, 4.69) is 9.62 Å². The van der Waals surface area contributed by atoms with Gasteiger partial charge in [-0.25, -0.2) is 13.1 Å². The van der Waals surface area contributed by atoms with Crippen LogP contribution in [0.4, 0.5) is 0 Å². The van der Waals surface area contributed by atoms with E-state index in [9.17, 15) is 8.42 Å². The summed E-state index contributed by atoms with van der Waals surface area (Å²) in [7, 11) is -3.10. The van der Waals surface area contributed by atoms with Gasteiger partial charge in [0.25, 0.3) is 0 Å². The highest BCUT2D eigenvalue weighted by molar-refractivity contribution is 7.88. The lowest BCUT2D eigenvalue weighted by molar-refractivity contribution is 0.126. The first-order chi connectivity index (χ1) is 8.03. The van der Waals surface area contributed by atoms with Gasteiger partial charge >= 0.3 is 0 Å². The standard InChI is InChI=1S/C11H24N2O3S/c1-17(15,16)12-7-8-13(9-10-14)11-5-3-2-4-6-11/h11-12,14H,2-10H2,1H3. The number of nitrogens with zero attached hydrogens (tertiary/aromatic N) is 1. The average molecular weight is 264 g/mol. The summed E-state index contributed by atoms with van der Waals surface area (Å²) in [4.78, 5) is 2.21. The molecule has 2 N–H and O–H groups in total. The maximum absolute atomic E-state index is 11.0. The third-order valence-electron chi connectivity index (χ3n) is 3.24. The van der Waals surface area contributed by atoms with E-state index in [1.165, 1.54) is 38.4 Å². The zero-order chi connectivity index (χ0) is 12.7. The first-order valence-corrected chi connectivity index (χ1v) is 8.21. The molecule has 0 atom stereocenters. The lowest BCUT2D eigenvalue weighted by Gasteiger charge is -2.33. The third-order valence-corrected chi connectivity index (χ3v) is 3.97. The second-order valence-corrected chi connectivity index (χ2v) is 6.55. The zero-order valence-corrected chi connectivity index (χ0v) is 11.4. The van der Waals surface area contributed by atoms with Gasteiger partial charge in [0, 0.05) is 25.7 Å². The molecule has 102 valence electrons. The minimum absolute atomic E-state index is 0.134. The summed E-state index contributed by atoms with van der Waals surface area (Å²) in [6, 6.07) is 0.511. The number of aliphatic hydroxyl groups is 1. The molecule has 1 fully saturated rings. The predicted octanol–water partition coefficient (Wildman–Crippen LogP) is 0.163. The number of hydrogen-bond acceptors (Lipinski definition) is 4. The van der Waals surface area contributed by atoms with Crippen molar-refractivity contribution in [3.05, 3.63) is 0 Å². The molecular formula is C11H24N2O3S. The van der Waals surface area contributed by atoms with Gasteiger partial charge < -0.3 is 5.11 Å². The molecule has 0 aromatic carbocycles. The van der Waals surface area contributed by atoms with Gasteiger partial charge in [-0.3, -0.25) is 4.90 Å². The smallest absolute Gasteiger partial charge is 0.208 e. The van der Waals surface area contributed by atoms with E-state index >= 15 is 0 Å². The lowest BCUT2D eigenvalue weighted by atomic mass is 9.94. The topological polar surface area (TPSA) is 69.6 Å². The van der Waals surface area contributed by atoms with Crippen LogP contribution in [-0.4, -0.2) is 57.0 Å². The quantitative estimate of drug-likeness (QED) is 0.687. The van der Waals surface area contributed by atoms with Crippen LogP contribution in [0.2, 0.25) is 0 Å². The van der Waals surface area contributed by atoms with Crippen molar-refractivity contribution in [1.82, 2.24) is 9.62 Å². The molecule has 0 heterocycles. The van der Waals surface area contributed by atoms with E-state index < -0.39 is 10.0 Å². The fourth-order valence-corrected chi connectivity index (χ4v) is 2.89. The van der Waals surface area contributed by atoms with Crippen LogP contribution >= 0.6 is 0 Å². The van der Waals surface area contributed by atoms with Crippen LogP contribution in [-0.2, 0) is 10.0 Å². The summed E-state index contributed by atoms with van der Waals surface area (Å²) in [5.41, 5.74) is 0. The van der Waals surface area contributed by atoms with Crippen LogP contribution in [0.25, 0.3) is 0 Å². The molecule has 1 aliphatic rings. The Morgan fingerprint density at radius 3 is 2.41 bits per heavy atom. The summed E-state index contributed by atoms with van der Waals surface area (Å²) in [6.45, 7) is 1.87. The Balaban J connectivity index is 2.36. The van der Waals surface area contributed by atoms with E-state index in [1.54, 1.807) is 0 Å². The third kappa shape index (κ3) is 6.35. The van der Waals surface area contributed by atoms with Gasteiger partial charge in [0.2, 0.25) is 10.0 Å². The molecule has 0 aliphatic heterocycles. The van der Waals surface area contributed by atoms with Crippen LogP contribution in [0.5, 0.6) is 0 Å². The normalized spacial score (nSPS) is 18.8. The largest absolute Gasteiger partial charge is 0.395 e. The molecule has 0 amide bonds. The Hall–Kier alpha value is -0.170. The minimum atomic E-state index is -3.10. The number of hydrogen-bond donors (Lipinski definition) is 2. The van der Waals surface area contributed by atoms with Gasteiger partial charge in [-0.1, -0.05) is 19.3 Å². The SMILES string of the molecule is CS(=O)(=O)NCCN(CCO)C1CCCCC1. The van der Waals surface area contributed by atoms with Crippen molar-refractivity contribution in [2.75, 3.05) is 32.5 Å². The van der Waals surface area contributed by atoms with Gasteiger partial charge in [-0.15, -0.1) is 0 Å². The molecule has 1 saturated carbocycles. The maximum Gasteiger partial charge on any atom is 0.208 e. The molecule has 1 rings (SSSR count). The number of rotatable bonds is 7. The molecule has 0 unspecified atom stereocenters. The lowest BCUT2D eigenvalue weighted by Crippen LogP contribution is -2.43. The first-order valence-electron chi connectivity index (χ1n) is 6.32. The van der Waals surface area contributed by atoms with Gasteiger partial charge in [0.1, 0.15) is 0 Å². The van der Waals surface area contributed by atoms with Gasteiger partial charge in [0.05, 0.1) is 12.9 Å². The van der Waals surface area contributed by atoms with Gasteiger partial charge in [0.15, 0.2) is 0 Å². The van der Waals surface area contributed by atoms with Crippen LogP contribution in [0.1, 0.15) is 32.1 Å². The molecule has 0 aromatic rings. The van der Waals surface area contributed by atoms with Crippen molar-refractivity contribution in [2.45, 2.75) is 38.1 Å². The van der Waals surface area contributed by atoms with E-state index in [0.717, 1.165) is 0 Å². The summed E-state index contributed by atoms with van der Waals surface area (Å²) in [6.07, 6.45) is 7.28. The van der Waals surface area contributed by atoms with E-state index in [-0.39, 0.29) is 6.61 Å². The van der Waals surface area contributed by atoms with Crippen molar-refractivity contribution in [3.8, 4) is 0 Å². The predicted molar refractivity (Wildman–Crippen MR) is 68.4 cm³/mol. The first kappa shape index (κ1) is 14.9. The molecule has 0 aromatic heterocycles. The molecule has 0 spiro atoms. The van der Waals surface area contributed by atoms with Crippen LogP contribution in [0.15, 0.2) is 0 Å². The van der Waals surface area contributed by atoms with E-state index in [1.807, 2.05) is 0 Å².